The number of ether oxygens (including phenoxy) is 1. The first kappa shape index (κ1) is 60.1. The van der Waals surface area contributed by atoms with E-state index < -0.39 is 116 Å². The number of amides is 6. The molecule has 10 atom stereocenters. The molecule has 21 nitrogen and oxygen atoms in total. The fourth-order valence-electron chi connectivity index (χ4n) is 7.91. The minimum absolute atomic E-state index is 0. The van der Waals surface area contributed by atoms with Crippen molar-refractivity contribution in [1.82, 2.24) is 31.1 Å². The topological polar surface area (TPSA) is 316 Å². The van der Waals surface area contributed by atoms with E-state index >= 15 is 4.79 Å². The van der Waals surface area contributed by atoms with Crippen molar-refractivity contribution >= 4 is 49.2 Å². The average molecular weight is 1010 g/mol. The number of benzene rings is 3. The number of fused-ring (bicyclic) bond motifs is 2. The van der Waals surface area contributed by atoms with E-state index in [9.17, 15) is 58.4 Å². The van der Waals surface area contributed by atoms with Crippen LogP contribution in [0.2, 0.25) is 0 Å². The van der Waals surface area contributed by atoms with Gasteiger partial charge in [0.2, 0.25) is 29.5 Å². The Kier molecular flexibility index (Phi) is 23.7. The number of carbonyl (C=O) groups is 7. The second-order valence-electron chi connectivity index (χ2n) is 16.9. The number of nitrogens with one attached hydrogen (secondary N) is 4. The smallest absolute Gasteiger partial charge is 0.790 e. The molecule has 3 aromatic rings. The summed E-state index contributed by atoms with van der Waals surface area (Å²) in [5.74, 6) is -7.89. The fourth-order valence-corrected chi connectivity index (χ4v) is 8.23. The molecule has 6 amide bonds. The summed E-state index contributed by atoms with van der Waals surface area (Å²) in [4.78, 5) is 125. The van der Waals surface area contributed by atoms with Crippen molar-refractivity contribution in [3.63, 3.8) is 0 Å². The number of aliphatic hydroxyl groups excluding tert-OH is 2. The normalized spacial score (nSPS) is 24.9. The Balaban J connectivity index is 0.00000648. The fraction of sp³-hybridized carbons (Fsp3) is 0.457. The summed E-state index contributed by atoms with van der Waals surface area (Å²) in [7, 11) is -4.34. The molecular formula is C46H57N6Na2O15P. The van der Waals surface area contributed by atoms with Gasteiger partial charge in [0.15, 0.2) is 6.10 Å². The van der Waals surface area contributed by atoms with Crippen molar-refractivity contribution in [1.29, 1.82) is 0 Å². The molecule has 0 spiro atoms. The van der Waals surface area contributed by atoms with Crippen molar-refractivity contribution in [2.75, 3.05) is 13.7 Å². The maximum absolute atomic E-state index is 15.0. The van der Waals surface area contributed by atoms with Gasteiger partial charge in [-0.1, -0.05) is 93.1 Å². The van der Waals surface area contributed by atoms with Gasteiger partial charge in [0, 0.05) is 26.3 Å². The van der Waals surface area contributed by atoms with Crippen LogP contribution in [0.4, 0.5) is 0 Å². The standard InChI is InChI=1S/C46H59N6O15P.2Na/c1-5-26(2)38-46(62)67-27(3)39(50-42(58)36(54)25-66-68(63,64)65)43(59)48-33(22-28-12-8-6-9-13-28)40(56)47-32-20-21-37(55)52(44(32)60)35(24-29-14-10-7-11-15-29)45(61)51(4)34(41(57)49-38)23-30-16-18-31(53)19-17-30;;/h6-19,26-27,32-39,53-55H,5,20-25H2,1-4H3,(H,47,56)(H,48,59)(H,49,57)(H,50,58)(H2,63,64,65);;/q;2*+1/p-2/t26?,27-,32?,33+,34-,35+,36+,37-,38-,39+;;/m1../s1. The molecule has 24 heteroatoms. The minimum Gasteiger partial charge on any atom is -0.790 e. The molecule has 0 saturated carbocycles. The van der Waals surface area contributed by atoms with E-state index in [1.807, 2.05) is 0 Å². The number of cyclic esters (lactones) is 1. The number of nitrogens with zero attached hydrogens (tertiary/aromatic N) is 2. The molecule has 0 radical (unpaired) electrons. The molecule has 2 fully saturated rings. The van der Waals surface area contributed by atoms with Gasteiger partial charge >= 0.3 is 65.1 Å². The second kappa shape index (κ2) is 27.6. The SMILES string of the molecule is CCC(C)[C@H]1NC(=O)[C@@H](Cc2ccc(O)cc2)N(C)C(=O)[C@H](Cc2ccccc2)N2C(=O)C(CC[C@H]2O)NC(=O)[C@H](Cc2ccccc2)NC(=O)[C@@H](NC(=O)[C@@H](O)COP(=O)([O-])[O-])[C@@H](C)OC1=O.[Na+].[Na+]. The summed E-state index contributed by atoms with van der Waals surface area (Å²) in [6.07, 6.45) is -6.03. The third-order valence-corrected chi connectivity index (χ3v) is 12.5. The summed E-state index contributed by atoms with van der Waals surface area (Å²) in [6, 6.07) is 13.6. The second-order valence-corrected chi connectivity index (χ2v) is 18.1. The number of phosphoric ester groups is 1. The zero-order valence-corrected chi connectivity index (χ0v) is 44.8. The molecule has 2 bridgehead atoms. The van der Waals surface area contributed by atoms with E-state index in [-0.39, 0.29) is 103 Å². The Morgan fingerprint density at radius 2 is 1.37 bits per heavy atom. The first-order valence-corrected chi connectivity index (χ1v) is 23.5. The number of rotatable bonds is 13. The molecule has 2 heterocycles. The molecule has 368 valence electrons. The van der Waals surface area contributed by atoms with E-state index in [2.05, 4.69) is 25.8 Å². The zero-order valence-electron chi connectivity index (χ0n) is 39.9. The number of piperidine rings is 1. The average Bonchev–Trinajstić information content (AvgIpc) is 3.30. The number of esters is 1. The van der Waals surface area contributed by atoms with Gasteiger partial charge in [-0.15, -0.1) is 0 Å². The quantitative estimate of drug-likeness (QED) is 0.0476. The van der Waals surface area contributed by atoms with Crippen LogP contribution in [0.5, 0.6) is 5.75 Å². The molecule has 3 aromatic carbocycles. The molecule has 2 unspecified atom stereocenters. The Hall–Kier alpha value is -4.22. The van der Waals surface area contributed by atoms with E-state index in [1.54, 1.807) is 74.5 Å². The van der Waals surface area contributed by atoms with Crippen LogP contribution in [0.25, 0.3) is 0 Å². The third kappa shape index (κ3) is 16.7. The molecule has 0 aromatic heterocycles. The third-order valence-electron chi connectivity index (χ3n) is 12.0. The summed E-state index contributed by atoms with van der Waals surface area (Å²) < 4.78 is 20.9. The Morgan fingerprint density at radius 1 is 0.814 bits per heavy atom. The van der Waals surface area contributed by atoms with Gasteiger partial charge in [0.25, 0.3) is 5.91 Å². The van der Waals surface area contributed by atoms with Gasteiger partial charge in [-0.25, -0.2) is 4.79 Å². The number of phenolic OH excluding ortho intramolecular Hbond substituents is 1. The molecule has 5 rings (SSSR count). The molecule has 2 aliphatic rings. The number of carbonyl (C=O) groups excluding carboxylic acids is 7. The number of aliphatic hydroxyl groups is 2. The summed E-state index contributed by atoms with van der Waals surface area (Å²) in [6.45, 7) is 3.18. The summed E-state index contributed by atoms with van der Waals surface area (Å²) in [5, 5.41) is 42.1. The zero-order chi connectivity index (χ0) is 49.9. The van der Waals surface area contributed by atoms with Crippen LogP contribution in [0, 0.1) is 5.92 Å². The van der Waals surface area contributed by atoms with Crippen molar-refractivity contribution in [3.05, 3.63) is 102 Å². The number of phosphoric acid groups is 1. The van der Waals surface area contributed by atoms with Gasteiger partial charge in [-0.3, -0.25) is 28.8 Å². The molecule has 2 saturated heterocycles. The van der Waals surface area contributed by atoms with Crippen LogP contribution in [-0.2, 0) is 66.6 Å². The van der Waals surface area contributed by atoms with E-state index in [0.29, 0.717) is 16.7 Å². The van der Waals surface area contributed by atoms with Gasteiger partial charge in [-0.05, 0) is 54.5 Å². The molecule has 70 heavy (non-hydrogen) atoms. The number of hydrogen-bond acceptors (Lipinski definition) is 15. The van der Waals surface area contributed by atoms with Crippen LogP contribution >= 0.6 is 7.82 Å². The molecule has 7 N–H and O–H groups in total. The Bertz CT molecular complexity index is 2320. The van der Waals surface area contributed by atoms with Gasteiger partial charge < -0.3 is 70.0 Å². The molecule has 0 aliphatic carbocycles. The monoisotopic (exact) mass is 1010 g/mol. The van der Waals surface area contributed by atoms with Crippen LogP contribution in [-0.4, -0.2) is 135 Å². The van der Waals surface area contributed by atoms with E-state index in [1.165, 1.54) is 38.2 Å². The number of phenols is 1. The summed E-state index contributed by atoms with van der Waals surface area (Å²) >= 11 is 0. The Morgan fingerprint density at radius 3 is 1.94 bits per heavy atom. The van der Waals surface area contributed by atoms with Crippen molar-refractivity contribution < 1.29 is 132 Å². The van der Waals surface area contributed by atoms with E-state index in [4.69, 9.17) is 4.74 Å². The van der Waals surface area contributed by atoms with Gasteiger partial charge in [0.05, 0.1) is 14.4 Å². The minimum atomic E-state index is -5.67. The van der Waals surface area contributed by atoms with Crippen LogP contribution in [0.3, 0.4) is 0 Å². The summed E-state index contributed by atoms with van der Waals surface area (Å²) in [5.41, 5.74) is 1.58. The van der Waals surface area contributed by atoms with Crippen molar-refractivity contribution in [3.8, 4) is 5.75 Å². The van der Waals surface area contributed by atoms with E-state index in [0.717, 1.165) is 9.80 Å². The maximum atomic E-state index is 15.0. The first-order valence-electron chi connectivity index (χ1n) is 22.1. The Labute approximate surface area is 449 Å². The van der Waals surface area contributed by atoms with Crippen molar-refractivity contribution in [2.24, 2.45) is 5.92 Å². The number of hydrogen-bond donors (Lipinski definition) is 7. The maximum Gasteiger partial charge on any atom is 1.00 e. The van der Waals surface area contributed by atoms with Gasteiger partial charge in [0.1, 0.15) is 54.3 Å². The largest absolute Gasteiger partial charge is 1.00 e. The van der Waals surface area contributed by atoms with Crippen LogP contribution in [0.1, 0.15) is 56.7 Å². The van der Waals surface area contributed by atoms with Crippen LogP contribution < -0.4 is 90.2 Å². The predicted molar refractivity (Wildman–Crippen MR) is 237 cm³/mol. The van der Waals surface area contributed by atoms with Crippen LogP contribution in [0.15, 0.2) is 84.9 Å². The van der Waals surface area contributed by atoms with Crippen molar-refractivity contribution in [2.45, 2.75) is 114 Å². The van der Waals surface area contributed by atoms with Gasteiger partial charge in [-0.2, -0.15) is 0 Å². The number of likely N-dealkylation sites (N-methyl/N-ethyl adjacent to an activating group) is 1. The predicted octanol–water partition coefficient (Wildman–Crippen LogP) is -7.30. The number of aromatic hydroxyl groups is 1. The molecule has 2 aliphatic heterocycles. The first-order chi connectivity index (χ1) is 32.2. The molecular weight excluding hydrogens is 953 g/mol.